The molecule has 0 bridgehead atoms. The van der Waals surface area contributed by atoms with E-state index in [9.17, 15) is 13.2 Å². The first-order valence-electron chi connectivity index (χ1n) is 5.63. The first-order valence-corrected chi connectivity index (χ1v) is 9.20. The third-order valence-electron chi connectivity index (χ3n) is 2.74. The molecular formula is C13H6I2O5S. The topological polar surface area (TPSA) is 69.7 Å². The molecule has 3 rings (SSSR count). The maximum atomic E-state index is 12.3. The van der Waals surface area contributed by atoms with Crippen molar-refractivity contribution in [1.29, 1.82) is 0 Å². The van der Waals surface area contributed by atoms with Crippen molar-refractivity contribution in [2.24, 2.45) is 0 Å². The summed E-state index contributed by atoms with van der Waals surface area (Å²) in [6.07, 6.45) is 0. The van der Waals surface area contributed by atoms with Crippen molar-refractivity contribution in [3.63, 3.8) is 0 Å². The Morgan fingerprint density at radius 1 is 1.05 bits per heavy atom. The maximum absolute atomic E-state index is 12.3. The Labute approximate surface area is 148 Å². The van der Waals surface area contributed by atoms with Gasteiger partial charge in [-0.3, -0.25) is 0 Å². The van der Waals surface area contributed by atoms with Crippen LogP contribution in [-0.4, -0.2) is 14.4 Å². The van der Waals surface area contributed by atoms with Crippen molar-refractivity contribution >= 4 is 61.3 Å². The van der Waals surface area contributed by atoms with Gasteiger partial charge < -0.3 is 8.92 Å². The molecular weight excluding hydrogens is 522 g/mol. The molecule has 5 nitrogen and oxygen atoms in total. The van der Waals surface area contributed by atoms with Gasteiger partial charge in [-0.15, -0.1) is 0 Å². The molecule has 0 saturated carbocycles. The molecule has 0 N–H and O–H groups in total. The van der Waals surface area contributed by atoms with Crippen LogP contribution >= 0.6 is 45.2 Å². The number of benzene rings is 2. The first kappa shape index (κ1) is 15.0. The largest absolute Gasteiger partial charge is 0.421 e. The zero-order valence-corrected chi connectivity index (χ0v) is 15.3. The second kappa shape index (κ2) is 5.39. The van der Waals surface area contributed by atoms with Gasteiger partial charge in [0.05, 0.1) is 3.57 Å². The van der Waals surface area contributed by atoms with Crippen LogP contribution in [0.5, 0.6) is 11.5 Å². The van der Waals surface area contributed by atoms with Crippen LogP contribution in [0.3, 0.4) is 0 Å². The van der Waals surface area contributed by atoms with Crippen molar-refractivity contribution in [3.05, 3.63) is 49.1 Å². The summed E-state index contributed by atoms with van der Waals surface area (Å²) in [7, 11) is -4.06. The molecule has 1 aliphatic heterocycles. The van der Waals surface area contributed by atoms with Crippen LogP contribution in [0.15, 0.2) is 41.3 Å². The number of ether oxygens (including phenoxy) is 1. The van der Waals surface area contributed by atoms with E-state index in [4.69, 9.17) is 8.92 Å². The minimum Gasteiger partial charge on any atom is -0.421 e. The summed E-state index contributed by atoms with van der Waals surface area (Å²) < 4.78 is 36.3. The summed E-state index contributed by atoms with van der Waals surface area (Å²) in [4.78, 5) is 12.1. The van der Waals surface area contributed by atoms with Gasteiger partial charge in [0.15, 0.2) is 11.5 Å². The molecule has 2 aromatic rings. The number of halogens is 2. The fraction of sp³-hybridized carbons (Fsp3) is 0. The molecule has 0 radical (unpaired) electrons. The molecule has 0 spiro atoms. The maximum Gasteiger partial charge on any atom is 0.347 e. The van der Waals surface area contributed by atoms with Crippen molar-refractivity contribution in [1.82, 2.24) is 0 Å². The predicted octanol–water partition coefficient (Wildman–Crippen LogP) is 3.20. The van der Waals surface area contributed by atoms with Crippen LogP contribution in [-0.2, 0) is 10.1 Å². The van der Waals surface area contributed by atoms with Gasteiger partial charge in [0, 0.05) is 3.57 Å². The Kier molecular flexibility index (Phi) is 3.86. The molecule has 0 unspecified atom stereocenters. The van der Waals surface area contributed by atoms with Gasteiger partial charge in [-0.1, -0.05) is 12.1 Å². The number of carbonyl (C=O) groups is 1. The molecule has 0 aromatic heterocycles. The van der Waals surface area contributed by atoms with Gasteiger partial charge in [0.25, 0.3) is 0 Å². The summed E-state index contributed by atoms with van der Waals surface area (Å²) >= 11 is 3.96. The van der Waals surface area contributed by atoms with Crippen LogP contribution in [0, 0.1) is 7.14 Å². The minimum atomic E-state index is -4.06. The van der Waals surface area contributed by atoms with Gasteiger partial charge >= 0.3 is 16.1 Å². The summed E-state index contributed by atoms with van der Waals surface area (Å²) in [5.41, 5.74) is 0.0874. The van der Waals surface area contributed by atoms with Gasteiger partial charge in [-0.25, -0.2) is 4.79 Å². The zero-order valence-electron chi connectivity index (χ0n) is 10.2. The van der Waals surface area contributed by atoms with Crippen LogP contribution < -0.4 is 8.92 Å². The molecule has 1 aliphatic rings. The van der Waals surface area contributed by atoms with Gasteiger partial charge in [0.2, 0.25) is 0 Å². The first-order chi connectivity index (χ1) is 9.88. The highest BCUT2D eigenvalue weighted by Crippen LogP contribution is 2.36. The van der Waals surface area contributed by atoms with E-state index < -0.39 is 16.1 Å². The summed E-state index contributed by atoms with van der Waals surface area (Å²) in [5.74, 6) is -0.693. The minimum absolute atomic E-state index is 0.00415. The van der Waals surface area contributed by atoms with Crippen LogP contribution in [0.1, 0.15) is 10.4 Å². The van der Waals surface area contributed by atoms with Crippen molar-refractivity contribution in [2.45, 2.75) is 4.90 Å². The van der Waals surface area contributed by atoms with E-state index in [1.807, 2.05) is 45.2 Å². The average molecular weight is 528 g/mol. The molecule has 0 fully saturated rings. The number of para-hydroxylation sites is 1. The number of hydrogen-bond acceptors (Lipinski definition) is 5. The lowest BCUT2D eigenvalue weighted by Gasteiger charge is -2.18. The monoisotopic (exact) mass is 528 g/mol. The van der Waals surface area contributed by atoms with Crippen molar-refractivity contribution < 1.29 is 22.1 Å². The van der Waals surface area contributed by atoms with E-state index in [1.54, 1.807) is 12.1 Å². The zero-order chi connectivity index (χ0) is 15.2. The van der Waals surface area contributed by atoms with E-state index in [1.165, 1.54) is 24.3 Å². The van der Waals surface area contributed by atoms with E-state index in [0.717, 1.165) is 3.57 Å². The summed E-state index contributed by atoms with van der Waals surface area (Å²) in [6.45, 7) is 0. The molecule has 0 saturated heterocycles. The number of carbonyl (C=O) groups excluding carboxylic acids is 1. The molecule has 8 heteroatoms. The lowest BCUT2D eigenvalue weighted by Crippen LogP contribution is -2.21. The molecule has 2 aromatic carbocycles. The molecule has 108 valence electrons. The second-order valence-electron chi connectivity index (χ2n) is 4.14. The Morgan fingerprint density at radius 2 is 1.76 bits per heavy atom. The fourth-order valence-electron chi connectivity index (χ4n) is 1.85. The quantitative estimate of drug-likeness (QED) is 0.228. The lowest BCUT2D eigenvalue weighted by molar-refractivity contribution is 0.0726. The standard InChI is InChI=1S/C13H6I2O5S/c14-7-5-8-12(9(15)6-7)20-21(17,18)11-4-2-1-3-10(11)19-13(8)16/h1-6H. The number of hydrogen-bond donors (Lipinski definition) is 0. The van der Waals surface area contributed by atoms with E-state index in [-0.39, 0.29) is 22.0 Å². The molecule has 0 aliphatic carbocycles. The summed E-state index contributed by atoms with van der Waals surface area (Å²) in [6, 6.07) is 9.12. The highest BCUT2D eigenvalue weighted by molar-refractivity contribution is 14.1. The highest BCUT2D eigenvalue weighted by atomic mass is 127. The van der Waals surface area contributed by atoms with Gasteiger partial charge in [0.1, 0.15) is 10.5 Å². The number of esters is 1. The number of rotatable bonds is 0. The lowest BCUT2D eigenvalue weighted by atomic mass is 10.2. The smallest absolute Gasteiger partial charge is 0.347 e. The Bertz CT molecular complexity index is 861. The van der Waals surface area contributed by atoms with Crippen molar-refractivity contribution in [2.75, 3.05) is 0 Å². The molecule has 0 amide bonds. The summed E-state index contributed by atoms with van der Waals surface area (Å²) in [5, 5.41) is 0. The SMILES string of the molecule is O=C1Oc2ccccc2S(=O)(=O)Oc2c(I)cc(I)cc21. The third-order valence-corrected chi connectivity index (χ3v) is 5.43. The average Bonchev–Trinajstić information content (AvgIpc) is 2.41. The van der Waals surface area contributed by atoms with Crippen LogP contribution in [0.4, 0.5) is 0 Å². The second-order valence-corrected chi connectivity index (χ2v) is 8.06. The normalized spacial score (nSPS) is 15.8. The Hall–Kier alpha value is -0.880. The van der Waals surface area contributed by atoms with E-state index in [2.05, 4.69) is 0 Å². The van der Waals surface area contributed by atoms with Gasteiger partial charge in [-0.2, -0.15) is 8.42 Å². The predicted molar refractivity (Wildman–Crippen MR) is 91.1 cm³/mol. The highest BCUT2D eigenvalue weighted by Gasteiger charge is 2.31. The molecule has 21 heavy (non-hydrogen) atoms. The van der Waals surface area contributed by atoms with Gasteiger partial charge in [-0.05, 0) is 69.4 Å². The fourth-order valence-corrected chi connectivity index (χ4v) is 5.04. The van der Waals surface area contributed by atoms with E-state index in [0.29, 0.717) is 3.57 Å². The number of fused-ring (bicyclic) bond motifs is 2. The molecule has 0 atom stereocenters. The van der Waals surface area contributed by atoms with E-state index >= 15 is 0 Å². The molecule has 1 heterocycles. The Balaban J connectivity index is 2.29. The van der Waals surface area contributed by atoms with Crippen LogP contribution in [0.25, 0.3) is 0 Å². The van der Waals surface area contributed by atoms with Crippen LogP contribution in [0.2, 0.25) is 0 Å². The Morgan fingerprint density at radius 3 is 2.52 bits per heavy atom. The van der Waals surface area contributed by atoms with Crippen molar-refractivity contribution in [3.8, 4) is 11.5 Å². The third kappa shape index (κ3) is 2.75.